The van der Waals surface area contributed by atoms with Gasteiger partial charge in [0, 0.05) is 16.7 Å². The fraction of sp³-hybridized carbons (Fsp3) is 0.381. The number of benzene rings is 1. The Balaban J connectivity index is 2.42. The first-order chi connectivity index (χ1) is 14.0. The van der Waals surface area contributed by atoms with Crippen LogP contribution < -0.4 is 10.9 Å². The molecular formula is C21H24BrFN2O5. The number of carbonyl (C=O) groups is 2. The molecule has 0 saturated carbocycles. The smallest absolute Gasteiger partial charge is 0.343 e. The van der Waals surface area contributed by atoms with E-state index in [1.807, 2.05) is 0 Å². The molecule has 1 heterocycles. The van der Waals surface area contributed by atoms with Crippen LogP contribution in [0.4, 0.5) is 4.39 Å². The zero-order valence-corrected chi connectivity index (χ0v) is 18.8. The number of nitrogens with one attached hydrogen (secondary N) is 1. The molecule has 2 aromatic rings. The molecule has 30 heavy (non-hydrogen) atoms. The normalized spacial score (nSPS) is 11.3. The second-order valence-corrected chi connectivity index (χ2v) is 8.23. The highest BCUT2D eigenvalue weighted by atomic mass is 79.9. The number of hydrogen-bond acceptors (Lipinski definition) is 6. The molecule has 0 amide bonds. The Hall–Kier alpha value is -2.52. The highest BCUT2D eigenvalue weighted by Crippen LogP contribution is 2.21. The molecule has 0 spiro atoms. The van der Waals surface area contributed by atoms with E-state index < -0.39 is 28.9 Å². The van der Waals surface area contributed by atoms with Crippen molar-refractivity contribution in [3.05, 3.63) is 62.2 Å². The topological polar surface area (TPSA) is 86.6 Å². The zero-order chi connectivity index (χ0) is 22.5. The van der Waals surface area contributed by atoms with Crippen LogP contribution in [0.15, 0.2) is 39.6 Å². The summed E-state index contributed by atoms with van der Waals surface area (Å²) in [6, 6.07) is 6.66. The summed E-state index contributed by atoms with van der Waals surface area (Å²) in [6.45, 7) is 7.08. The van der Waals surface area contributed by atoms with E-state index in [1.54, 1.807) is 27.7 Å². The van der Waals surface area contributed by atoms with Crippen molar-refractivity contribution in [2.24, 2.45) is 0 Å². The Labute approximate surface area is 182 Å². The lowest BCUT2D eigenvalue weighted by Gasteiger charge is -2.20. The summed E-state index contributed by atoms with van der Waals surface area (Å²) in [5.41, 5.74) is -0.580. The summed E-state index contributed by atoms with van der Waals surface area (Å²) < 4.78 is 25.3. The van der Waals surface area contributed by atoms with E-state index in [1.165, 1.54) is 34.9 Å². The Bertz CT molecular complexity index is 981. The number of nitrogens with zero attached hydrogens (tertiary/aromatic N) is 1. The lowest BCUT2D eigenvalue weighted by Crippen LogP contribution is -2.34. The second kappa shape index (κ2) is 9.99. The minimum atomic E-state index is -0.757. The van der Waals surface area contributed by atoms with Gasteiger partial charge in [-0.25, -0.2) is 9.18 Å². The molecule has 0 aliphatic carbocycles. The maximum absolute atomic E-state index is 13.4. The maximum atomic E-state index is 13.4. The molecule has 9 heteroatoms. The first-order valence-corrected chi connectivity index (χ1v) is 10.1. The van der Waals surface area contributed by atoms with Crippen molar-refractivity contribution in [3.63, 3.8) is 0 Å². The second-order valence-electron chi connectivity index (χ2n) is 7.38. The third kappa shape index (κ3) is 6.24. The van der Waals surface area contributed by atoms with Crippen LogP contribution in [0, 0.1) is 5.82 Å². The lowest BCUT2D eigenvalue weighted by atomic mass is 10.2. The van der Waals surface area contributed by atoms with Gasteiger partial charge < -0.3 is 14.8 Å². The van der Waals surface area contributed by atoms with E-state index in [-0.39, 0.29) is 25.3 Å². The highest BCUT2D eigenvalue weighted by Gasteiger charge is 2.21. The van der Waals surface area contributed by atoms with Crippen molar-refractivity contribution in [2.45, 2.75) is 39.8 Å². The highest BCUT2D eigenvalue weighted by molar-refractivity contribution is 9.10. The number of pyridine rings is 1. The van der Waals surface area contributed by atoms with E-state index >= 15 is 0 Å². The van der Waals surface area contributed by atoms with E-state index in [0.29, 0.717) is 15.9 Å². The standard InChI is InChI=1S/C21H24BrFN2O5/c1-5-29-20(28)15-10-16(22)17(11-24-12-18(26)30-21(2,3)4)25(19(15)27)14-8-6-13(23)7-9-14/h6-10,24H,5,11-12H2,1-4H3. The molecule has 0 aliphatic rings. The van der Waals surface area contributed by atoms with Crippen LogP contribution in [-0.2, 0) is 20.8 Å². The SMILES string of the molecule is CCOC(=O)c1cc(Br)c(CNCC(=O)OC(C)(C)C)n(-c2ccc(F)cc2)c1=O. The third-order valence-electron chi connectivity index (χ3n) is 3.81. The molecule has 0 radical (unpaired) electrons. The van der Waals surface area contributed by atoms with Gasteiger partial charge in [0.15, 0.2) is 0 Å². The number of halogens is 2. The predicted octanol–water partition coefficient (Wildman–Crippen LogP) is 3.35. The number of esters is 2. The van der Waals surface area contributed by atoms with Gasteiger partial charge in [0.2, 0.25) is 0 Å². The van der Waals surface area contributed by atoms with Crippen LogP contribution in [0.2, 0.25) is 0 Å². The third-order valence-corrected chi connectivity index (χ3v) is 4.50. The lowest BCUT2D eigenvalue weighted by molar-refractivity contribution is -0.153. The van der Waals surface area contributed by atoms with Crippen LogP contribution >= 0.6 is 15.9 Å². The maximum Gasteiger partial charge on any atom is 0.343 e. The molecule has 2 rings (SSSR count). The minimum absolute atomic E-state index is 0.0824. The molecule has 1 aromatic heterocycles. The Morgan fingerprint density at radius 3 is 2.40 bits per heavy atom. The molecule has 1 aromatic carbocycles. The summed E-state index contributed by atoms with van der Waals surface area (Å²) >= 11 is 3.38. The fourth-order valence-corrected chi connectivity index (χ4v) is 3.21. The summed E-state index contributed by atoms with van der Waals surface area (Å²) in [5, 5.41) is 2.93. The van der Waals surface area contributed by atoms with Crippen molar-refractivity contribution in [1.29, 1.82) is 0 Å². The first-order valence-electron chi connectivity index (χ1n) is 9.33. The van der Waals surface area contributed by atoms with E-state index in [4.69, 9.17) is 9.47 Å². The molecular weight excluding hydrogens is 459 g/mol. The number of rotatable bonds is 7. The number of ether oxygens (including phenoxy) is 2. The summed E-state index contributed by atoms with van der Waals surface area (Å²) in [5.74, 6) is -1.67. The molecule has 0 atom stereocenters. The molecule has 0 aliphatic heterocycles. The largest absolute Gasteiger partial charge is 0.462 e. The van der Waals surface area contributed by atoms with E-state index in [0.717, 1.165) is 0 Å². The molecule has 162 valence electrons. The molecule has 0 bridgehead atoms. The average Bonchev–Trinajstić information content (AvgIpc) is 2.64. The van der Waals surface area contributed by atoms with Crippen molar-refractivity contribution < 1.29 is 23.5 Å². The predicted molar refractivity (Wildman–Crippen MR) is 113 cm³/mol. The Kier molecular flexibility index (Phi) is 7.91. The fourth-order valence-electron chi connectivity index (χ4n) is 2.66. The molecule has 7 nitrogen and oxygen atoms in total. The van der Waals surface area contributed by atoms with Crippen LogP contribution in [0.3, 0.4) is 0 Å². The molecule has 1 N–H and O–H groups in total. The van der Waals surface area contributed by atoms with Crippen molar-refractivity contribution in [2.75, 3.05) is 13.2 Å². The van der Waals surface area contributed by atoms with Gasteiger partial charge >= 0.3 is 11.9 Å². The Morgan fingerprint density at radius 2 is 1.83 bits per heavy atom. The van der Waals surface area contributed by atoms with Crippen molar-refractivity contribution in [3.8, 4) is 5.69 Å². The van der Waals surface area contributed by atoms with Gasteiger partial charge in [-0.3, -0.25) is 14.2 Å². The van der Waals surface area contributed by atoms with Gasteiger partial charge in [-0.1, -0.05) is 0 Å². The Morgan fingerprint density at radius 1 is 1.20 bits per heavy atom. The van der Waals surface area contributed by atoms with Gasteiger partial charge in [-0.05, 0) is 74.0 Å². The number of hydrogen-bond donors (Lipinski definition) is 1. The average molecular weight is 483 g/mol. The van der Waals surface area contributed by atoms with Gasteiger partial charge in [-0.2, -0.15) is 0 Å². The van der Waals surface area contributed by atoms with Gasteiger partial charge in [0.25, 0.3) is 5.56 Å². The first kappa shape index (κ1) is 23.8. The molecule has 0 unspecified atom stereocenters. The summed E-state index contributed by atoms with van der Waals surface area (Å²) in [4.78, 5) is 37.2. The monoisotopic (exact) mass is 482 g/mol. The van der Waals surface area contributed by atoms with Crippen molar-refractivity contribution in [1.82, 2.24) is 9.88 Å². The van der Waals surface area contributed by atoms with Crippen LogP contribution in [-0.4, -0.2) is 35.3 Å². The van der Waals surface area contributed by atoms with Gasteiger partial charge in [0.1, 0.15) is 17.0 Å². The number of carbonyl (C=O) groups excluding carboxylic acids is 2. The molecule has 0 fully saturated rings. The van der Waals surface area contributed by atoms with Crippen molar-refractivity contribution >= 4 is 27.9 Å². The van der Waals surface area contributed by atoms with Gasteiger partial charge in [0.05, 0.1) is 18.8 Å². The summed E-state index contributed by atoms with van der Waals surface area (Å²) in [6.07, 6.45) is 0. The van der Waals surface area contributed by atoms with Crippen LogP contribution in [0.1, 0.15) is 43.7 Å². The minimum Gasteiger partial charge on any atom is -0.462 e. The van der Waals surface area contributed by atoms with Gasteiger partial charge in [-0.15, -0.1) is 0 Å². The number of aromatic nitrogens is 1. The quantitative estimate of drug-likeness (QED) is 0.608. The van der Waals surface area contributed by atoms with E-state index in [9.17, 15) is 18.8 Å². The van der Waals surface area contributed by atoms with Crippen LogP contribution in [0.5, 0.6) is 0 Å². The summed E-state index contributed by atoms with van der Waals surface area (Å²) in [7, 11) is 0. The van der Waals surface area contributed by atoms with E-state index in [2.05, 4.69) is 21.2 Å². The van der Waals surface area contributed by atoms with Crippen LogP contribution in [0.25, 0.3) is 5.69 Å². The zero-order valence-electron chi connectivity index (χ0n) is 17.3. The molecule has 0 saturated heterocycles.